The molecule has 0 aromatic heterocycles. The predicted octanol–water partition coefficient (Wildman–Crippen LogP) is 2.01. The van der Waals surface area contributed by atoms with Gasteiger partial charge < -0.3 is 19.2 Å². The molecular weight excluding hydrogens is 243 g/mol. The molecule has 1 aromatic rings. The van der Waals surface area contributed by atoms with Crippen LogP contribution < -0.4 is 10.2 Å². The summed E-state index contributed by atoms with van der Waals surface area (Å²) in [4.78, 5) is 0. The predicted molar refractivity (Wildman–Crippen MR) is 75.1 cm³/mol. The van der Waals surface area contributed by atoms with Crippen molar-refractivity contribution in [2.45, 2.75) is 45.8 Å². The van der Waals surface area contributed by atoms with Crippen LogP contribution in [0.15, 0.2) is 12.1 Å². The largest absolute Gasteiger partial charge is 0.504 e. The molecular formula is C14H21BO4. The Hall–Kier alpha value is -1.20. The van der Waals surface area contributed by atoms with E-state index >= 15 is 0 Å². The third-order valence-electron chi connectivity index (χ3n) is 4.11. The summed E-state index contributed by atoms with van der Waals surface area (Å²) in [5.74, 6) is 0.510. The highest BCUT2D eigenvalue weighted by Crippen LogP contribution is 2.38. The fourth-order valence-corrected chi connectivity index (χ4v) is 2.11. The van der Waals surface area contributed by atoms with Crippen molar-refractivity contribution in [3.63, 3.8) is 0 Å². The standard InChI is InChI=1S/C14H21BO4/c1-9-7-8-10(17-6)12(16)11(9)15-18-13(2,3)14(4,5)19-15/h7-8,16H,1-6H3. The maximum Gasteiger partial charge on any atom is 0.499 e. The van der Waals surface area contributed by atoms with E-state index in [1.54, 1.807) is 6.07 Å². The van der Waals surface area contributed by atoms with Gasteiger partial charge >= 0.3 is 7.12 Å². The van der Waals surface area contributed by atoms with Crippen molar-refractivity contribution in [1.29, 1.82) is 0 Å². The van der Waals surface area contributed by atoms with Crippen LogP contribution in [0, 0.1) is 6.92 Å². The topological polar surface area (TPSA) is 47.9 Å². The smallest absolute Gasteiger partial charge is 0.499 e. The summed E-state index contributed by atoms with van der Waals surface area (Å²) in [5.41, 5.74) is 0.689. The lowest BCUT2D eigenvalue weighted by molar-refractivity contribution is 0.00578. The van der Waals surface area contributed by atoms with Gasteiger partial charge in [-0.15, -0.1) is 0 Å². The average molecular weight is 264 g/mol. The Morgan fingerprint density at radius 2 is 1.63 bits per heavy atom. The van der Waals surface area contributed by atoms with Crippen LogP contribution in [0.1, 0.15) is 33.3 Å². The van der Waals surface area contributed by atoms with Gasteiger partial charge in [-0.25, -0.2) is 0 Å². The monoisotopic (exact) mass is 264 g/mol. The number of phenols is 1. The fourth-order valence-electron chi connectivity index (χ4n) is 2.11. The summed E-state index contributed by atoms with van der Waals surface area (Å²) >= 11 is 0. The molecule has 4 nitrogen and oxygen atoms in total. The van der Waals surface area contributed by atoms with Crippen LogP contribution in [0.4, 0.5) is 0 Å². The van der Waals surface area contributed by atoms with Crippen LogP contribution in [0.2, 0.25) is 0 Å². The van der Waals surface area contributed by atoms with E-state index in [9.17, 15) is 5.11 Å². The molecule has 1 aliphatic rings. The van der Waals surface area contributed by atoms with Gasteiger partial charge in [0.15, 0.2) is 11.5 Å². The molecule has 1 saturated heterocycles. The molecule has 0 bridgehead atoms. The zero-order chi connectivity index (χ0) is 14.4. The van der Waals surface area contributed by atoms with E-state index in [1.807, 2.05) is 40.7 Å². The Bertz CT molecular complexity index is 480. The number of hydrogen-bond donors (Lipinski definition) is 1. The molecule has 1 aromatic carbocycles. The first-order valence-corrected chi connectivity index (χ1v) is 6.41. The molecule has 5 heteroatoms. The van der Waals surface area contributed by atoms with Gasteiger partial charge in [0.2, 0.25) is 0 Å². The average Bonchev–Trinajstić information content (AvgIpc) is 2.48. The molecule has 104 valence electrons. The van der Waals surface area contributed by atoms with Crippen molar-refractivity contribution in [2.75, 3.05) is 7.11 Å². The normalized spacial score (nSPS) is 20.6. The third-order valence-corrected chi connectivity index (χ3v) is 4.11. The Balaban J connectivity index is 2.45. The number of benzene rings is 1. The van der Waals surface area contributed by atoms with Gasteiger partial charge in [0.1, 0.15) is 0 Å². The first-order chi connectivity index (χ1) is 8.69. The minimum Gasteiger partial charge on any atom is -0.504 e. The molecule has 19 heavy (non-hydrogen) atoms. The van der Waals surface area contributed by atoms with Crippen LogP contribution in [0.25, 0.3) is 0 Å². The van der Waals surface area contributed by atoms with Crippen molar-refractivity contribution >= 4 is 12.6 Å². The van der Waals surface area contributed by atoms with Gasteiger partial charge in [-0.05, 0) is 46.2 Å². The molecule has 0 saturated carbocycles. The van der Waals surface area contributed by atoms with Crippen molar-refractivity contribution in [3.8, 4) is 11.5 Å². The SMILES string of the molecule is COc1ccc(C)c(B2OC(C)(C)C(C)(C)O2)c1O. The van der Waals surface area contributed by atoms with E-state index in [0.717, 1.165) is 5.56 Å². The number of ether oxygens (including phenoxy) is 1. The van der Waals surface area contributed by atoms with Gasteiger partial charge in [-0.2, -0.15) is 0 Å². The second kappa shape index (κ2) is 4.42. The summed E-state index contributed by atoms with van der Waals surface area (Å²) in [5, 5.41) is 10.3. The van der Waals surface area contributed by atoms with E-state index in [2.05, 4.69) is 0 Å². The van der Waals surface area contributed by atoms with E-state index < -0.39 is 18.3 Å². The minimum absolute atomic E-state index is 0.0843. The Morgan fingerprint density at radius 1 is 1.11 bits per heavy atom. The van der Waals surface area contributed by atoms with Crippen LogP contribution in [0.5, 0.6) is 11.5 Å². The second-order valence-electron chi connectivity index (χ2n) is 5.94. The molecule has 0 aliphatic carbocycles. The first kappa shape index (κ1) is 14.2. The molecule has 2 rings (SSSR count). The van der Waals surface area contributed by atoms with E-state index in [1.165, 1.54) is 7.11 Å². The van der Waals surface area contributed by atoms with Gasteiger partial charge in [0, 0.05) is 5.46 Å². The first-order valence-electron chi connectivity index (χ1n) is 6.41. The second-order valence-corrected chi connectivity index (χ2v) is 5.94. The summed E-state index contributed by atoms with van der Waals surface area (Å²) in [7, 11) is 0.943. The minimum atomic E-state index is -0.583. The van der Waals surface area contributed by atoms with Gasteiger partial charge in [-0.3, -0.25) is 0 Å². The molecule has 0 spiro atoms. The maximum atomic E-state index is 10.3. The highest BCUT2D eigenvalue weighted by Gasteiger charge is 2.53. The van der Waals surface area contributed by atoms with Gasteiger partial charge in [-0.1, -0.05) is 6.07 Å². The summed E-state index contributed by atoms with van der Waals surface area (Å²) in [6, 6.07) is 3.62. The number of methoxy groups -OCH3 is 1. The molecule has 1 heterocycles. The number of rotatable bonds is 2. The lowest BCUT2D eigenvalue weighted by Crippen LogP contribution is -2.41. The van der Waals surface area contributed by atoms with E-state index in [0.29, 0.717) is 11.2 Å². The molecule has 1 aliphatic heterocycles. The van der Waals surface area contributed by atoms with E-state index in [-0.39, 0.29) is 5.75 Å². The molecule has 0 unspecified atom stereocenters. The number of aryl methyl sites for hydroxylation is 1. The number of phenolic OH excluding ortho intramolecular Hbond substituents is 1. The van der Waals surface area contributed by atoms with Gasteiger partial charge in [0.25, 0.3) is 0 Å². The molecule has 1 N–H and O–H groups in total. The highest BCUT2D eigenvalue weighted by atomic mass is 16.7. The lowest BCUT2D eigenvalue weighted by atomic mass is 9.75. The summed E-state index contributed by atoms with van der Waals surface area (Å²) in [6.45, 7) is 9.86. The molecule has 0 amide bonds. The lowest BCUT2D eigenvalue weighted by Gasteiger charge is -2.32. The third kappa shape index (κ3) is 2.21. The highest BCUT2D eigenvalue weighted by molar-refractivity contribution is 6.63. The Morgan fingerprint density at radius 3 is 2.11 bits per heavy atom. The van der Waals surface area contributed by atoms with Crippen LogP contribution in [-0.4, -0.2) is 30.5 Å². The molecule has 0 radical (unpaired) electrons. The van der Waals surface area contributed by atoms with Crippen molar-refractivity contribution < 1.29 is 19.2 Å². The van der Waals surface area contributed by atoms with Crippen molar-refractivity contribution in [1.82, 2.24) is 0 Å². The van der Waals surface area contributed by atoms with E-state index in [4.69, 9.17) is 14.0 Å². The zero-order valence-electron chi connectivity index (χ0n) is 12.4. The van der Waals surface area contributed by atoms with Crippen molar-refractivity contribution in [3.05, 3.63) is 17.7 Å². The maximum absolute atomic E-state index is 10.3. The van der Waals surface area contributed by atoms with Crippen LogP contribution in [-0.2, 0) is 9.31 Å². The number of aromatic hydroxyl groups is 1. The van der Waals surface area contributed by atoms with Crippen LogP contribution in [0.3, 0.4) is 0 Å². The van der Waals surface area contributed by atoms with Crippen LogP contribution >= 0.6 is 0 Å². The Kier molecular flexibility index (Phi) is 3.31. The Labute approximate surface area is 114 Å². The summed E-state index contributed by atoms with van der Waals surface area (Å²) < 4.78 is 17.1. The van der Waals surface area contributed by atoms with Crippen molar-refractivity contribution in [2.24, 2.45) is 0 Å². The quantitative estimate of drug-likeness (QED) is 0.830. The zero-order valence-corrected chi connectivity index (χ0v) is 12.4. The van der Waals surface area contributed by atoms with Gasteiger partial charge in [0.05, 0.1) is 18.3 Å². The molecule has 0 atom stereocenters. The molecule has 1 fully saturated rings. The fraction of sp³-hybridized carbons (Fsp3) is 0.571. The summed E-state index contributed by atoms with van der Waals surface area (Å²) in [6.07, 6.45) is 0. The number of hydrogen-bond acceptors (Lipinski definition) is 4.